The number of carbonyl (C=O) groups excluding carboxylic acids is 1. The number of unbranched alkanes of at least 4 members (excludes halogenated alkanes) is 2. The topological polar surface area (TPSA) is 78.4 Å². The zero-order chi connectivity index (χ0) is 15.8. The number of hydrogen-bond acceptors (Lipinski definition) is 3. The Bertz CT molecular complexity index is 544. The van der Waals surface area contributed by atoms with Crippen molar-refractivity contribution in [3.8, 4) is 0 Å². The van der Waals surface area contributed by atoms with Crippen LogP contribution < -0.4 is 10.6 Å². The lowest BCUT2D eigenvalue weighted by Gasteiger charge is -2.13. The molecule has 1 rings (SSSR count). The maximum atomic E-state index is 11.6. The molecular formula is C15H20N2O3S. The number of aromatic carboxylic acids is 1. The van der Waals surface area contributed by atoms with Crippen molar-refractivity contribution in [2.45, 2.75) is 39.5 Å². The van der Waals surface area contributed by atoms with Crippen molar-refractivity contribution < 1.29 is 14.7 Å². The molecule has 0 aliphatic heterocycles. The minimum Gasteiger partial charge on any atom is -0.478 e. The maximum Gasteiger partial charge on any atom is 0.336 e. The maximum absolute atomic E-state index is 11.6. The number of anilines is 1. The number of benzene rings is 1. The predicted molar refractivity (Wildman–Crippen MR) is 86.6 cm³/mol. The predicted octanol–water partition coefficient (Wildman–Crippen LogP) is 3.09. The fourth-order valence-corrected chi connectivity index (χ4v) is 2.10. The third kappa shape index (κ3) is 5.51. The fraction of sp³-hybridized carbons (Fsp3) is 0.400. The Hall–Kier alpha value is -1.95. The lowest BCUT2D eigenvalue weighted by molar-refractivity contribution is -0.119. The summed E-state index contributed by atoms with van der Waals surface area (Å²) >= 11 is 5.07. The Morgan fingerprint density at radius 1 is 1.29 bits per heavy atom. The van der Waals surface area contributed by atoms with Crippen LogP contribution in [0.3, 0.4) is 0 Å². The van der Waals surface area contributed by atoms with Crippen molar-refractivity contribution >= 4 is 34.9 Å². The van der Waals surface area contributed by atoms with Gasteiger partial charge in [-0.2, -0.15) is 0 Å². The molecule has 3 N–H and O–H groups in total. The average molecular weight is 308 g/mol. The van der Waals surface area contributed by atoms with Crippen LogP contribution >= 0.6 is 12.2 Å². The van der Waals surface area contributed by atoms with E-state index in [0.717, 1.165) is 19.3 Å². The van der Waals surface area contributed by atoms with Gasteiger partial charge >= 0.3 is 5.97 Å². The van der Waals surface area contributed by atoms with Gasteiger partial charge in [0.1, 0.15) is 0 Å². The van der Waals surface area contributed by atoms with Crippen molar-refractivity contribution in [2.75, 3.05) is 5.32 Å². The summed E-state index contributed by atoms with van der Waals surface area (Å²) in [5.41, 5.74) is 1.36. The Balaban J connectivity index is 2.61. The van der Waals surface area contributed by atoms with E-state index in [-0.39, 0.29) is 16.6 Å². The fourth-order valence-electron chi connectivity index (χ4n) is 1.88. The van der Waals surface area contributed by atoms with Gasteiger partial charge in [0.25, 0.3) is 0 Å². The molecule has 0 radical (unpaired) electrons. The molecular weight excluding hydrogens is 288 g/mol. The van der Waals surface area contributed by atoms with Crippen LogP contribution in [0.2, 0.25) is 0 Å². The van der Waals surface area contributed by atoms with Crippen LogP contribution in [0.15, 0.2) is 18.2 Å². The van der Waals surface area contributed by atoms with E-state index in [1.54, 1.807) is 19.1 Å². The first-order chi connectivity index (χ1) is 9.95. The second kappa shape index (κ2) is 8.36. The van der Waals surface area contributed by atoms with E-state index in [1.165, 1.54) is 6.07 Å². The molecule has 0 fully saturated rings. The van der Waals surface area contributed by atoms with E-state index in [4.69, 9.17) is 17.3 Å². The molecule has 6 heteroatoms. The summed E-state index contributed by atoms with van der Waals surface area (Å²) in [5, 5.41) is 14.7. The van der Waals surface area contributed by atoms with Crippen molar-refractivity contribution in [3.05, 3.63) is 29.3 Å². The largest absolute Gasteiger partial charge is 0.478 e. The zero-order valence-electron chi connectivity index (χ0n) is 12.2. The van der Waals surface area contributed by atoms with Gasteiger partial charge in [0.05, 0.1) is 5.56 Å². The highest BCUT2D eigenvalue weighted by atomic mass is 32.1. The van der Waals surface area contributed by atoms with E-state index in [1.807, 2.05) is 0 Å². The smallest absolute Gasteiger partial charge is 0.336 e. The molecule has 21 heavy (non-hydrogen) atoms. The van der Waals surface area contributed by atoms with E-state index < -0.39 is 5.97 Å². The molecule has 1 aromatic carbocycles. The summed E-state index contributed by atoms with van der Waals surface area (Å²) in [7, 11) is 0. The molecule has 0 aliphatic rings. The lowest BCUT2D eigenvalue weighted by atomic mass is 10.1. The summed E-state index contributed by atoms with van der Waals surface area (Å²) in [6.07, 6.45) is 3.33. The summed E-state index contributed by atoms with van der Waals surface area (Å²) in [6, 6.07) is 4.87. The molecule has 0 spiro atoms. The van der Waals surface area contributed by atoms with Gasteiger partial charge in [-0.15, -0.1) is 0 Å². The van der Waals surface area contributed by atoms with Gasteiger partial charge in [-0.3, -0.25) is 4.79 Å². The number of thiocarbonyl (C=S) groups is 1. The molecule has 0 bridgehead atoms. The van der Waals surface area contributed by atoms with Crippen molar-refractivity contribution in [3.63, 3.8) is 0 Å². The lowest BCUT2D eigenvalue weighted by Crippen LogP contribution is -2.34. The quantitative estimate of drug-likeness (QED) is 0.556. The molecule has 0 heterocycles. The first kappa shape index (κ1) is 17.1. The summed E-state index contributed by atoms with van der Waals surface area (Å²) < 4.78 is 0. The highest BCUT2D eigenvalue weighted by Crippen LogP contribution is 2.18. The summed E-state index contributed by atoms with van der Waals surface area (Å²) in [6.45, 7) is 3.76. The van der Waals surface area contributed by atoms with Gasteiger partial charge in [-0.1, -0.05) is 25.8 Å². The molecule has 0 saturated carbocycles. The second-order valence-corrected chi connectivity index (χ2v) is 5.15. The van der Waals surface area contributed by atoms with Crippen molar-refractivity contribution in [2.24, 2.45) is 0 Å². The molecule has 0 atom stereocenters. The SMILES string of the molecule is CCCCCC(=O)NC(=S)Nc1cccc(C(=O)O)c1C. The van der Waals surface area contributed by atoms with Crippen molar-refractivity contribution in [1.29, 1.82) is 0 Å². The number of carboxylic acids is 1. The highest BCUT2D eigenvalue weighted by Gasteiger charge is 2.11. The van der Waals surface area contributed by atoms with Gasteiger partial charge in [-0.05, 0) is 43.3 Å². The first-order valence-corrected chi connectivity index (χ1v) is 7.30. The molecule has 0 aromatic heterocycles. The van der Waals surface area contributed by atoms with Crippen LogP contribution in [0, 0.1) is 6.92 Å². The van der Waals surface area contributed by atoms with Gasteiger partial charge in [0.2, 0.25) is 5.91 Å². The summed E-state index contributed by atoms with van der Waals surface area (Å²) in [5.74, 6) is -1.13. The number of hydrogen-bond donors (Lipinski definition) is 3. The Labute approximate surface area is 129 Å². The Kier molecular flexibility index (Phi) is 6.81. The van der Waals surface area contributed by atoms with Crippen LogP contribution in [0.1, 0.15) is 48.5 Å². The molecule has 114 valence electrons. The molecule has 0 unspecified atom stereocenters. The van der Waals surface area contributed by atoms with Gasteiger partial charge < -0.3 is 15.7 Å². The van der Waals surface area contributed by atoms with Crippen LogP contribution in [0.25, 0.3) is 0 Å². The second-order valence-electron chi connectivity index (χ2n) is 4.74. The minimum absolute atomic E-state index is 0.131. The number of carboxylic acid groups (broad SMARTS) is 1. The Morgan fingerprint density at radius 2 is 2.00 bits per heavy atom. The number of amides is 1. The van der Waals surface area contributed by atoms with E-state index in [0.29, 0.717) is 17.7 Å². The monoisotopic (exact) mass is 308 g/mol. The molecule has 0 saturated heterocycles. The molecule has 1 amide bonds. The number of carbonyl (C=O) groups is 2. The molecule has 0 aliphatic carbocycles. The molecule has 5 nitrogen and oxygen atoms in total. The van der Waals surface area contributed by atoms with Crippen molar-refractivity contribution in [1.82, 2.24) is 5.32 Å². The van der Waals surface area contributed by atoms with Gasteiger partial charge in [0, 0.05) is 12.1 Å². The van der Waals surface area contributed by atoms with Gasteiger partial charge in [-0.25, -0.2) is 4.79 Å². The number of rotatable bonds is 6. The van der Waals surface area contributed by atoms with Crippen LogP contribution in [-0.4, -0.2) is 22.1 Å². The normalized spacial score (nSPS) is 10.0. The standard InChI is InChI=1S/C15H20N2O3S/c1-3-4-5-9-13(18)17-15(21)16-12-8-6-7-11(10(12)2)14(19)20/h6-8H,3-5,9H2,1-2H3,(H,19,20)(H2,16,17,18,21). The summed E-state index contributed by atoms with van der Waals surface area (Å²) in [4.78, 5) is 22.7. The van der Waals surface area contributed by atoms with Crippen LogP contribution in [0.5, 0.6) is 0 Å². The molecule has 1 aromatic rings. The first-order valence-electron chi connectivity index (χ1n) is 6.89. The van der Waals surface area contributed by atoms with E-state index in [9.17, 15) is 9.59 Å². The zero-order valence-corrected chi connectivity index (χ0v) is 13.0. The van der Waals surface area contributed by atoms with E-state index >= 15 is 0 Å². The van der Waals surface area contributed by atoms with E-state index in [2.05, 4.69) is 17.6 Å². The Morgan fingerprint density at radius 3 is 2.62 bits per heavy atom. The van der Waals surface area contributed by atoms with Crippen LogP contribution in [0.4, 0.5) is 5.69 Å². The number of nitrogens with one attached hydrogen (secondary N) is 2. The third-order valence-corrected chi connectivity index (χ3v) is 3.28. The highest BCUT2D eigenvalue weighted by molar-refractivity contribution is 7.80. The van der Waals surface area contributed by atoms with Gasteiger partial charge in [0.15, 0.2) is 5.11 Å². The minimum atomic E-state index is -0.995. The average Bonchev–Trinajstić information content (AvgIpc) is 2.41. The third-order valence-electron chi connectivity index (χ3n) is 3.07. The van der Waals surface area contributed by atoms with Crippen LogP contribution in [-0.2, 0) is 4.79 Å².